The van der Waals surface area contributed by atoms with E-state index in [1.54, 1.807) is 12.1 Å². The van der Waals surface area contributed by atoms with E-state index in [4.69, 9.17) is 6.57 Å². The van der Waals surface area contributed by atoms with Crippen LogP contribution < -0.4 is 20.7 Å². The maximum Gasteiger partial charge on any atom is 0.188 e. The molecule has 0 radical (unpaired) electrons. The minimum atomic E-state index is -2.66. The zero-order valence-electron chi connectivity index (χ0n) is 27.0. The van der Waals surface area contributed by atoms with Crippen LogP contribution in [0.4, 0.5) is 5.69 Å². The molecule has 0 saturated heterocycles. The summed E-state index contributed by atoms with van der Waals surface area (Å²) in [7, 11) is -2.66. The molecule has 4 nitrogen and oxygen atoms in total. The van der Waals surface area contributed by atoms with Crippen molar-refractivity contribution >= 4 is 56.3 Å². The van der Waals surface area contributed by atoms with Crippen molar-refractivity contribution < 1.29 is 0 Å². The summed E-state index contributed by atoms with van der Waals surface area (Å²) in [5.41, 5.74) is 6.14. The Morgan fingerprint density at radius 3 is 1.60 bits per heavy atom. The van der Waals surface area contributed by atoms with E-state index in [2.05, 4.69) is 137 Å². The Morgan fingerprint density at radius 1 is 0.520 bits per heavy atom. The molecule has 50 heavy (non-hydrogen) atoms. The van der Waals surface area contributed by atoms with Crippen LogP contribution in [0.25, 0.3) is 43.5 Å². The fourth-order valence-electron chi connectivity index (χ4n) is 7.41. The van der Waals surface area contributed by atoms with Crippen molar-refractivity contribution in [2.45, 2.75) is 0 Å². The monoisotopic (exact) mass is 652 g/mol. The van der Waals surface area contributed by atoms with Crippen LogP contribution in [0.2, 0.25) is 0 Å². The lowest BCUT2D eigenvalue weighted by atomic mass is 9.99. The van der Waals surface area contributed by atoms with Crippen LogP contribution in [0.15, 0.2) is 170 Å². The molecular formula is C45H28N4Si. The van der Waals surface area contributed by atoms with Crippen LogP contribution in [0.5, 0.6) is 0 Å². The maximum absolute atomic E-state index is 10.5. The van der Waals surface area contributed by atoms with E-state index in [0.717, 1.165) is 38.6 Å². The van der Waals surface area contributed by atoms with Crippen LogP contribution in [0.1, 0.15) is 11.1 Å². The zero-order chi connectivity index (χ0) is 34.1. The Morgan fingerprint density at radius 2 is 1.06 bits per heavy atom. The number of fused-ring (bicyclic) bond motifs is 3. The van der Waals surface area contributed by atoms with Crippen molar-refractivity contribution in [3.63, 3.8) is 0 Å². The molecule has 0 aliphatic heterocycles. The SMILES string of the molecule is [C-]#[N+]c1ccc2c(c1)c1cc(C#N)ccc1n2-c1ccc(-c2ccc([Si](c3ccccc3)(c3ccccc3)c3ccccc3)cc2)c(C#N)c1. The largest absolute Gasteiger partial charge is 0.309 e. The first-order valence-corrected chi connectivity index (χ1v) is 18.3. The third-order valence-electron chi connectivity index (χ3n) is 9.64. The molecule has 0 N–H and O–H groups in total. The summed E-state index contributed by atoms with van der Waals surface area (Å²) in [6.45, 7) is 7.55. The van der Waals surface area contributed by atoms with Crippen molar-refractivity contribution in [3.8, 4) is 29.0 Å². The molecule has 0 saturated carbocycles. The summed E-state index contributed by atoms with van der Waals surface area (Å²) >= 11 is 0. The highest BCUT2D eigenvalue weighted by Crippen LogP contribution is 2.36. The summed E-state index contributed by atoms with van der Waals surface area (Å²) in [5.74, 6) is 0. The first-order valence-electron chi connectivity index (χ1n) is 16.3. The molecule has 0 unspecified atom stereocenters. The van der Waals surface area contributed by atoms with Gasteiger partial charge in [0.1, 0.15) is 0 Å². The Hall–Kier alpha value is -6.97. The molecule has 0 bridgehead atoms. The van der Waals surface area contributed by atoms with Crippen LogP contribution in [-0.2, 0) is 0 Å². The van der Waals surface area contributed by atoms with Gasteiger partial charge in [0.25, 0.3) is 0 Å². The number of hydrogen-bond donors (Lipinski definition) is 0. The summed E-state index contributed by atoms with van der Waals surface area (Å²) < 4.78 is 2.10. The smallest absolute Gasteiger partial charge is 0.188 e. The van der Waals surface area contributed by atoms with E-state index in [0.29, 0.717) is 16.8 Å². The third-order valence-corrected chi connectivity index (χ3v) is 14.4. The van der Waals surface area contributed by atoms with Gasteiger partial charge in [-0.15, -0.1) is 0 Å². The molecule has 232 valence electrons. The van der Waals surface area contributed by atoms with Gasteiger partial charge in [-0.05, 0) is 79.7 Å². The number of hydrogen-bond acceptors (Lipinski definition) is 2. The van der Waals surface area contributed by atoms with Gasteiger partial charge in [0.15, 0.2) is 13.8 Å². The van der Waals surface area contributed by atoms with Crippen molar-refractivity contribution in [2.24, 2.45) is 0 Å². The number of aromatic nitrogens is 1. The topological polar surface area (TPSA) is 56.9 Å². The van der Waals surface area contributed by atoms with E-state index in [1.165, 1.54) is 20.7 Å². The second-order valence-electron chi connectivity index (χ2n) is 12.3. The van der Waals surface area contributed by atoms with Crippen LogP contribution in [0.3, 0.4) is 0 Å². The van der Waals surface area contributed by atoms with E-state index in [9.17, 15) is 10.5 Å². The standard InChI is InChI=1S/C45H28N4Si/c1-48-35-20-26-45-43(29-35)42-27-32(30-46)17-25-44(42)49(45)36-21-24-41(34(28-36)31-47)33-18-22-40(23-19-33)50(37-11-5-2-6-12-37,38-13-7-3-8-14-38)39-15-9-4-10-16-39/h2-29H. The predicted molar refractivity (Wildman–Crippen MR) is 206 cm³/mol. The maximum atomic E-state index is 10.5. The Kier molecular flexibility index (Phi) is 7.63. The minimum absolute atomic E-state index is 0.536. The van der Waals surface area contributed by atoms with Crippen molar-refractivity contribution in [1.29, 1.82) is 10.5 Å². The quantitative estimate of drug-likeness (QED) is 0.104. The van der Waals surface area contributed by atoms with Gasteiger partial charge < -0.3 is 4.57 Å². The van der Waals surface area contributed by atoms with Crippen LogP contribution >= 0.6 is 0 Å². The summed E-state index contributed by atoms with van der Waals surface area (Å²) in [6.07, 6.45) is 0. The molecule has 1 aromatic heterocycles. The number of nitriles is 2. The van der Waals surface area contributed by atoms with Gasteiger partial charge in [-0.2, -0.15) is 10.5 Å². The highest BCUT2D eigenvalue weighted by molar-refractivity contribution is 7.19. The van der Waals surface area contributed by atoms with Crippen molar-refractivity contribution in [3.05, 3.63) is 192 Å². The number of rotatable bonds is 6. The first kappa shape index (κ1) is 30.4. The average Bonchev–Trinajstić information content (AvgIpc) is 3.52. The molecule has 1 heterocycles. The average molecular weight is 653 g/mol. The molecule has 0 aliphatic rings. The first-order chi connectivity index (χ1) is 24.6. The molecule has 0 fully saturated rings. The highest BCUT2D eigenvalue weighted by Gasteiger charge is 2.41. The van der Waals surface area contributed by atoms with E-state index in [-0.39, 0.29) is 0 Å². The summed E-state index contributed by atoms with van der Waals surface area (Å²) in [4.78, 5) is 3.63. The molecule has 0 atom stereocenters. The molecular weight excluding hydrogens is 625 g/mol. The van der Waals surface area contributed by atoms with E-state index in [1.807, 2.05) is 42.5 Å². The molecule has 0 amide bonds. The van der Waals surface area contributed by atoms with Crippen molar-refractivity contribution in [1.82, 2.24) is 4.57 Å². The van der Waals surface area contributed by atoms with Crippen LogP contribution in [0, 0.1) is 29.2 Å². The second-order valence-corrected chi connectivity index (χ2v) is 16.1. The Bertz CT molecular complexity index is 2490. The van der Waals surface area contributed by atoms with Gasteiger partial charge >= 0.3 is 0 Å². The molecule has 7 aromatic carbocycles. The Labute approximate surface area is 291 Å². The molecule has 0 spiro atoms. The lowest BCUT2D eigenvalue weighted by Crippen LogP contribution is -2.74. The minimum Gasteiger partial charge on any atom is -0.309 e. The molecule has 8 aromatic rings. The van der Waals surface area contributed by atoms with E-state index < -0.39 is 8.07 Å². The van der Waals surface area contributed by atoms with Gasteiger partial charge in [0.2, 0.25) is 0 Å². The molecule has 5 heteroatoms. The summed E-state index contributed by atoms with van der Waals surface area (Å²) in [5, 5.41) is 27.1. The van der Waals surface area contributed by atoms with Gasteiger partial charge in [-0.1, -0.05) is 127 Å². The van der Waals surface area contributed by atoms with Crippen LogP contribution in [-0.4, -0.2) is 12.6 Å². The zero-order valence-corrected chi connectivity index (χ0v) is 28.0. The second kappa shape index (κ2) is 12.6. The lowest BCUT2D eigenvalue weighted by Gasteiger charge is -2.34. The van der Waals surface area contributed by atoms with Crippen molar-refractivity contribution in [2.75, 3.05) is 0 Å². The Balaban J connectivity index is 1.27. The normalized spacial score (nSPS) is 11.1. The number of benzene rings is 7. The fourth-order valence-corrected chi connectivity index (χ4v) is 12.2. The lowest BCUT2D eigenvalue weighted by molar-refractivity contribution is 1.18. The fraction of sp³-hybridized carbons (Fsp3) is 0. The third kappa shape index (κ3) is 4.88. The highest BCUT2D eigenvalue weighted by atomic mass is 28.3. The van der Waals surface area contributed by atoms with Gasteiger partial charge in [0.05, 0.1) is 40.9 Å². The molecule has 8 rings (SSSR count). The molecule has 0 aliphatic carbocycles. The number of nitrogens with zero attached hydrogens (tertiary/aromatic N) is 4. The summed E-state index contributed by atoms with van der Waals surface area (Å²) in [6, 6.07) is 63.2. The predicted octanol–water partition coefficient (Wildman–Crippen LogP) is 8.12. The van der Waals surface area contributed by atoms with E-state index >= 15 is 0 Å². The van der Waals surface area contributed by atoms with Gasteiger partial charge in [0, 0.05) is 11.1 Å². The van der Waals surface area contributed by atoms with Gasteiger partial charge in [-0.25, -0.2) is 4.85 Å². The van der Waals surface area contributed by atoms with Gasteiger partial charge in [-0.3, -0.25) is 0 Å².